The van der Waals surface area contributed by atoms with Gasteiger partial charge in [-0.1, -0.05) is 12.1 Å². The van der Waals surface area contributed by atoms with Gasteiger partial charge in [0, 0.05) is 51.4 Å². The van der Waals surface area contributed by atoms with Gasteiger partial charge in [-0.3, -0.25) is 14.5 Å². The van der Waals surface area contributed by atoms with Gasteiger partial charge in [0.15, 0.2) is 0 Å². The molecule has 2 aliphatic heterocycles. The zero-order valence-electron chi connectivity index (χ0n) is 14.1. The fourth-order valence-electron chi connectivity index (χ4n) is 3.33. The molecule has 1 aromatic carbocycles. The molecule has 24 heavy (non-hydrogen) atoms. The summed E-state index contributed by atoms with van der Waals surface area (Å²) in [5.74, 6) is 0.286. The topological polar surface area (TPSA) is 69.9 Å². The predicted molar refractivity (Wildman–Crippen MR) is 92.5 cm³/mol. The molecule has 2 fully saturated rings. The highest BCUT2D eigenvalue weighted by molar-refractivity contribution is 5.94. The standard InChI is InChI=1S/C18H26N4O2/c19-13-15-3-5-16(6-4-15)18(24)22-11-9-20(10-12-22)14-17(23)21-7-1-2-8-21/h3-6H,1-2,7-14,19H2. The minimum Gasteiger partial charge on any atom is -0.342 e. The number of hydrogen-bond acceptors (Lipinski definition) is 4. The van der Waals surface area contributed by atoms with Crippen molar-refractivity contribution >= 4 is 11.8 Å². The lowest BCUT2D eigenvalue weighted by molar-refractivity contribution is -0.131. The normalized spacial score (nSPS) is 18.9. The highest BCUT2D eigenvalue weighted by Gasteiger charge is 2.25. The third kappa shape index (κ3) is 3.94. The number of hydrogen-bond donors (Lipinski definition) is 1. The van der Waals surface area contributed by atoms with Crippen molar-refractivity contribution in [2.24, 2.45) is 5.73 Å². The van der Waals surface area contributed by atoms with E-state index in [1.807, 2.05) is 34.1 Å². The molecular weight excluding hydrogens is 304 g/mol. The molecule has 0 spiro atoms. The molecule has 0 unspecified atom stereocenters. The summed E-state index contributed by atoms with van der Waals surface area (Å²) in [6, 6.07) is 7.48. The molecule has 6 nitrogen and oxygen atoms in total. The van der Waals surface area contributed by atoms with Crippen molar-refractivity contribution in [2.75, 3.05) is 45.8 Å². The molecule has 2 heterocycles. The Morgan fingerprint density at radius 1 is 0.875 bits per heavy atom. The number of amides is 2. The van der Waals surface area contributed by atoms with Gasteiger partial charge in [-0.05, 0) is 30.5 Å². The molecule has 0 radical (unpaired) electrons. The Hall–Kier alpha value is -1.92. The molecule has 1 aromatic rings. The first kappa shape index (κ1) is 16.9. The van der Waals surface area contributed by atoms with Crippen molar-refractivity contribution < 1.29 is 9.59 Å². The maximum absolute atomic E-state index is 12.5. The maximum atomic E-state index is 12.5. The van der Waals surface area contributed by atoms with Gasteiger partial charge < -0.3 is 15.5 Å². The average molecular weight is 330 g/mol. The lowest BCUT2D eigenvalue weighted by Gasteiger charge is -2.35. The van der Waals surface area contributed by atoms with Crippen LogP contribution in [0.3, 0.4) is 0 Å². The van der Waals surface area contributed by atoms with E-state index in [0.717, 1.165) is 44.6 Å². The van der Waals surface area contributed by atoms with E-state index < -0.39 is 0 Å². The summed E-state index contributed by atoms with van der Waals surface area (Å²) < 4.78 is 0. The smallest absolute Gasteiger partial charge is 0.253 e. The minimum absolute atomic E-state index is 0.0593. The zero-order chi connectivity index (χ0) is 16.9. The predicted octanol–water partition coefficient (Wildman–Crippen LogP) is 0.526. The summed E-state index contributed by atoms with van der Waals surface area (Å²) >= 11 is 0. The Kier molecular flexibility index (Phi) is 5.48. The van der Waals surface area contributed by atoms with E-state index in [-0.39, 0.29) is 11.8 Å². The third-order valence-corrected chi connectivity index (χ3v) is 4.91. The number of nitrogens with zero attached hydrogens (tertiary/aromatic N) is 3. The summed E-state index contributed by atoms with van der Waals surface area (Å²) in [7, 11) is 0. The number of nitrogens with two attached hydrogens (primary N) is 1. The van der Waals surface area contributed by atoms with Gasteiger partial charge in [0.05, 0.1) is 6.54 Å². The van der Waals surface area contributed by atoms with Gasteiger partial charge in [-0.2, -0.15) is 0 Å². The van der Waals surface area contributed by atoms with Crippen LogP contribution in [0.4, 0.5) is 0 Å². The fourth-order valence-corrected chi connectivity index (χ4v) is 3.33. The Labute approximate surface area is 143 Å². The SMILES string of the molecule is NCc1ccc(C(=O)N2CCN(CC(=O)N3CCCC3)CC2)cc1. The maximum Gasteiger partial charge on any atom is 0.253 e. The highest BCUT2D eigenvalue weighted by Crippen LogP contribution is 2.12. The molecule has 3 rings (SSSR count). The fraction of sp³-hybridized carbons (Fsp3) is 0.556. The highest BCUT2D eigenvalue weighted by atomic mass is 16.2. The second kappa shape index (κ2) is 7.77. The van der Waals surface area contributed by atoms with Crippen molar-refractivity contribution in [2.45, 2.75) is 19.4 Å². The number of carbonyl (C=O) groups is 2. The second-order valence-electron chi connectivity index (χ2n) is 6.56. The molecule has 0 saturated carbocycles. The first-order chi connectivity index (χ1) is 11.7. The van der Waals surface area contributed by atoms with Gasteiger partial charge >= 0.3 is 0 Å². The van der Waals surface area contributed by atoms with Crippen LogP contribution in [0.25, 0.3) is 0 Å². The van der Waals surface area contributed by atoms with Crippen LogP contribution in [-0.2, 0) is 11.3 Å². The Bertz CT molecular complexity index is 573. The molecule has 130 valence electrons. The summed E-state index contributed by atoms with van der Waals surface area (Å²) in [5.41, 5.74) is 7.31. The quantitative estimate of drug-likeness (QED) is 0.874. The van der Waals surface area contributed by atoms with Crippen LogP contribution in [0.2, 0.25) is 0 Å². The monoisotopic (exact) mass is 330 g/mol. The molecular formula is C18H26N4O2. The number of carbonyl (C=O) groups excluding carboxylic acids is 2. The van der Waals surface area contributed by atoms with Crippen LogP contribution >= 0.6 is 0 Å². The van der Waals surface area contributed by atoms with E-state index >= 15 is 0 Å². The van der Waals surface area contributed by atoms with Gasteiger partial charge in [-0.15, -0.1) is 0 Å². The van der Waals surface area contributed by atoms with Crippen LogP contribution in [-0.4, -0.2) is 72.3 Å². The number of likely N-dealkylation sites (tertiary alicyclic amines) is 1. The summed E-state index contributed by atoms with van der Waals surface area (Å²) in [4.78, 5) is 30.7. The summed E-state index contributed by atoms with van der Waals surface area (Å²) in [5, 5.41) is 0. The largest absolute Gasteiger partial charge is 0.342 e. The molecule has 2 aliphatic rings. The second-order valence-corrected chi connectivity index (χ2v) is 6.56. The Balaban J connectivity index is 1.48. The molecule has 0 atom stereocenters. The summed E-state index contributed by atoms with van der Waals surface area (Å²) in [6.07, 6.45) is 2.24. The third-order valence-electron chi connectivity index (χ3n) is 4.91. The van der Waals surface area contributed by atoms with Gasteiger partial charge in [0.1, 0.15) is 0 Å². The lowest BCUT2D eigenvalue weighted by Crippen LogP contribution is -2.51. The van der Waals surface area contributed by atoms with Crippen molar-refractivity contribution in [3.8, 4) is 0 Å². The van der Waals surface area contributed by atoms with Gasteiger partial charge in [0.25, 0.3) is 5.91 Å². The van der Waals surface area contributed by atoms with Crippen molar-refractivity contribution in [1.82, 2.24) is 14.7 Å². The molecule has 2 amide bonds. The lowest BCUT2D eigenvalue weighted by atomic mass is 10.1. The van der Waals surface area contributed by atoms with Crippen LogP contribution in [0.5, 0.6) is 0 Å². The van der Waals surface area contributed by atoms with Crippen molar-refractivity contribution in [3.63, 3.8) is 0 Å². The zero-order valence-corrected chi connectivity index (χ0v) is 14.1. The first-order valence-corrected chi connectivity index (χ1v) is 8.76. The molecule has 6 heteroatoms. The molecule has 2 N–H and O–H groups in total. The van der Waals surface area contributed by atoms with Crippen molar-refractivity contribution in [3.05, 3.63) is 35.4 Å². The van der Waals surface area contributed by atoms with Crippen molar-refractivity contribution in [1.29, 1.82) is 0 Å². The van der Waals surface area contributed by atoms with E-state index in [1.165, 1.54) is 0 Å². The number of piperazine rings is 1. The molecule has 0 bridgehead atoms. The van der Waals surface area contributed by atoms with E-state index in [1.54, 1.807) is 0 Å². The van der Waals surface area contributed by atoms with Crippen LogP contribution in [0.15, 0.2) is 24.3 Å². The molecule has 0 aliphatic carbocycles. The van der Waals surface area contributed by atoms with Crippen LogP contribution in [0.1, 0.15) is 28.8 Å². The average Bonchev–Trinajstić information content (AvgIpc) is 3.17. The van der Waals surface area contributed by atoms with E-state index in [9.17, 15) is 9.59 Å². The van der Waals surface area contributed by atoms with Gasteiger partial charge in [0.2, 0.25) is 5.91 Å². The minimum atomic E-state index is 0.0593. The number of benzene rings is 1. The van der Waals surface area contributed by atoms with E-state index in [2.05, 4.69) is 4.90 Å². The number of rotatable bonds is 4. The van der Waals surface area contributed by atoms with Crippen LogP contribution in [0, 0.1) is 0 Å². The molecule has 2 saturated heterocycles. The Morgan fingerprint density at radius 2 is 1.50 bits per heavy atom. The van der Waals surface area contributed by atoms with E-state index in [0.29, 0.717) is 31.7 Å². The summed E-state index contributed by atoms with van der Waals surface area (Å²) in [6.45, 7) is 5.62. The van der Waals surface area contributed by atoms with Gasteiger partial charge in [-0.25, -0.2) is 0 Å². The van der Waals surface area contributed by atoms with Crippen LogP contribution < -0.4 is 5.73 Å². The Morgan fingerprint density at radius 3 is 2.08 bits per heavy atom. The molecule has 0 aromatic heterocycles. The first-order valence-electron chi connectivity index (χ1n) is 8.76. The van der Waals surface area contributed by atoms with E-state index in [4.69, 9.17) is 5.73 Å².